The molecule has 4 amide bonds. The van der Waals surface area contributed by atoms with Gasteiger partial charge in [0, 0.05) is 488 Å². The molecular formula is C75H152N2O4Y14-8. The van der Waals surface area contributed by atoms with Crippen LogP contribution >= 0.6 is 0 Å². The molecule has 14 radical (unpaired) electrons. The molecule has 2 aliphatic carbocycles. The maximum absolute atomic E-state index is 11.8. The molecule has 0 spiro atoms. The summed E-state index contributed by atoms with van der Waals surface area (Å²) in [7, 11) is 0. The van der Waals surface area contributed by atoms with Gasteiger partial charge in [-0.3, -0.25) is 29.0 Å². The number of imide groups is 2. The first-order valence-corrected chi connectivity index (χ1v) is 29.2. The summed E-state index contributed by atoms with van der Waals surface area (Å²) >= 11 is 0. The number of rotatable bonds is 8. The Morgan fingerprint density at radius 3 is 0.968 bits per heavy atom. The number of likely N-dealkylation sites (tertiary alicyclic amines) is 2. The molecule has 6 nitrogen and oxygen atoms in total. The summed E-state index contributed by atoms with van der Waals surface area (Å²) in [5.41, 5.74) is 2.65. The Hall–Kier alpha value is 12.2. The molecule has 0 bridgehead atoms. The van der Waals surface area contributed by atoms with Crippen LogP contribution in [0.3, 0.4) is 0 Å². The third-order valence-corrected chi connectivity index (χ3v) is 12.5. The van der Waals surface area contributed by atoms with Crippen LogP contribution in [0.25, 0.3) is 0 Å². The quantitative estimate of drug-likeness (QED) is 0.195. The molecule has 10 atom stereocenters. The largest absolute Gasteiger partial charge is 0.361 e. The van der Waals surface area contributed by atoms with Gasteiger partial charge in [-0.05, 0) is 12.5 Å². The van der Waals surface area contributed by atoms with Gasteiger partial charge in [0.2, 0.25) is 23.6 Å². The SMILES string of the molecule is C.C.C.C.C.C.C.C.CC.CC.CC.CC.CC.CC.CC.CC1C(=O)N(Cc2ccccc2)C(=O)C1C.CC1[CH-]C2[CH-]CC[CH-]C2[CH-]C1C.CCN1C(=O)C(C)C(C)C1=O.C[CH-]C(C)c1[c-]cccc1.[CH2-]C(C)(C)CC([CH2-])(C)CC.[Y].[Y].[Y].[Y].[Y].[Y].[Y].[Y].[Y].[Y].[Y].[Y].[Y].[Y]. The number of carbonyl (C=O) groups is 4. The van der Waals surface area contributed by atoms with Crippen molar-refractivity contribution < 1.29 is 477 Å². The van der Waals surface area contributed by atoms with Crippen LogP contribution in [-0.4, -0.2) is 40.0 Å². The second-order valence-corrected chi connectivity index (χ2v) is 18.6. The van der Waals surface area contributed by atoms with E-state index in [2.05, 4.69) is 113 Å². The first-order chi connectivity index (χ1) is 34.6. The zero-order valence-corrected chi connectivity index (χ0v) is 101. The molecule has 4 fully saturated rings. The minimum absolute atomic E-state index is 0. The van der Waals surface area contributed by atoms with Crippen molar-refractivity contribution in [1.82, 2.24) is 9.80 Å². The third-order valence-electron chi connectivity index (χ3n) is 12.5. The summed E-state index contributed by atoms with van der Waals surface area (Å²) in [6.45, 7) is 63.8. The maximum atomic E-state index is 11.8. The fourth-order valence-corrected chi connectivity index (χ4v) is 7.80. The standard InChI is InChI=1S/C13H15NO2.C12H18.C10H12.C10H20.C8H13NO2.7C2H6.8CH4.14Y/c1-9-10(2)13(16)14(12(9)15)8-11-6-4-3-5-7-11;1-9-7-11-5-3-4-6-12(11)8-10(9)2;1-3-9(2)10-7-5-4-6-8-10;1-7-10(5,6)8-9(2,3)4;1-4-9-7(10)5(2)6(3)8(9)11;7*1-2;;;;;;;;;;;;;;;;;;;;;;/h3-7,9-10H,8H2,1-2H3;5-12H,3-4H2,1-2H3;3-7,9H,1-2H3;2,5,7-8H2,1,3-4,6H3;5-6H,4H2,1-3H3;7*1-2H3;8*1H4;;;;;;;;;;;;;;/q;-4;2*-2;;;;;;;;;;;;;;;;;;;;;;;;;;;;;;. The van der Waals surface area contributed by atoms with E-state index >= 15 is 0 Å². The van der Waals surface area contributed by atoms with Crippen LogP contribution in [-0.2, 0) is 484 Å². The van der Waals surface area contributed by atoms with E-state index in [4.69, 9.17) is 0 Å². The third kappa shape index (κ3) is 91.6. The second-order valence-electron chi connectivity index (χ2n) is 18.6. The number of hydrogen-bond acceptors (Lipinski definition) is 4. The van der Waals surface area contributed by atoms with E-state index < -0.39 is 0 Å². The minimum atomic E-state index is -0.184. The van der Waals surface area contributed by atoms with Gasteiger partial charge >= 0.3 is 0 Å². The Kier molecular flexibility index (Phi) is 258. The van der Waals surface area contributed by atoms with E-state index in [1.165, 1.54) is 28.2 Å². The van der Waals surface area contributed by atoms with Gasteiger partial charge in [0.05, 0.1) is 6.54 Å². The van der Waals surface area contributed by atoms with Crippen molar-refractivity contribution in [3.8, 4) is 0 Å². The average molecular weight is 2390 g/mol. The van der Waals surface area contributed by atoms with Gasteiger partial charge in [0.25, 0.3) is 0 Å². The number of fused-ring (bicyclic) bond motifs is 1. The van der Waals surface area contributed by atoms with Gasteiger partial charge in [-0.2, -0.15) is 71.4 Å². The van der Waals surface area contributed by atoms with E-state index in [-0.39, 0.29) is 575 Å². The molecule has 2 saturated carbocycles. The first kappa shape index (κ1) is 193. The van der Waals surface area contributed by atoms with Gasteiger partial charge in [-0.25, -0.2) is 12.8 Å². The van der Waals surface area contributed by atoms with Gasteiger partial charge < -0.3 is 57.8 Å². The minimum Gasteiger partial charge on any atom is -0.361 e. The van der Waals surface area contributed by atoms with E-state index in [9.17, 15) is 19.2 Å². The number of nitrogens with zero attached hydrogens (tertiary/aromatic N) is 2. The number of hydrogen-bond donors (Lipinski definition) is 0. The number of carbonyl (C=O) groups excluding carboxylic acids is 4. The van der Waals surface area contributed by atoms with Crippen molar-refractivity contribution in [3.05, 3.63) is 118 Å². The predicted octanol–water partition coefficient (Wildman–Crippen LogP) is 24.1. The van der Waals surface area contributed by atoms with Crippen molar-refractivity contribution in [2.75, 3.05) is 6.54 Å². The van der Waals surface area contributed by atoms with E-state index in [0.29, 0.717) is 19.0 Å². The Morgan fingerprint density at radius 1 is 0.484 bits per heavy atom. The van der Waals surface area contributed by atoms with Gasteiger partial charge in [-0.1, -0.05) is 276 Å². The van der Waals surface area contributed by atoms with Crippen molar-refractivity contribution in [2.45, 2.75) is 285 Å². The van der Waals surface area contributed by atoms with Crippen LogP contribution in [0, 0.1) is 110 Å². The zero-order chi connectivity index (χ0) is 58.7. The molecule has 6 rings (SSSR count). The van der Waals surface area contributed by atoms with Crippen LogP contribution < -0.4 is 0 Å². The van der Waals surface area contributed by atoms with Gasteiger partial charge in [-0.15, -0.1) is 0 Å². The van der Waals surface area contributed by atoms with Crippen LogP contribution in [0.5, 0.6) is 0 Å². The van der Waals surface area contributed by atoms with Crippen LogP contribution in [0.1, 0.15) is 289 Å². The fourth-order valence-electron chi connectivity index (χ4n) is 7.80. The van der Waals surface area contributed by atoms with Crippen molar-refractivity contribution in [2.24, 2.45) is 58.2 Å². The Morgan fingerprint density at radius 2 is 0.758 bits per heavy atom. The molecule has 536 valence electrons. The fraction of sp³-hybridized carbons (Fsp3) is 0.693. The number of benzene rings is 2. The number of amides is 4. The van der Waals surface area contributed by atoms with Crippen molar-refractivity contribution in [1.29, 1.82) is 0 Å². The Labute approximate surface area is 956 Å². The smallest absolute Gasteiger partial charge is 0.233 e. The topological polar surface area (TPSA) is 74.8 Å². The molecule has 95 heavy (non-hydrogen) atoms. The molecular weight excluding hydrogens is 2240 g/mol. The molecule has 2 aromatic carbocycles. The van der Waals surface area contributed by atoms with Crippen LogP contribution in [0.4, 0.5) is 0 Å². The molecule has 4 aliphatic rings. The van der Waals surface area contributed by atoms with Crippen LogP contribution in [0.15, 0.2) is 54.6 Å². The predicted molar refractivity (Wildman–Crippen MR) is 377 cm³/mol. The summed E-state index contributed by atoms with van der Waals surface area (Å²) < 4.78 is 0. The average Bonchev–Trinajstić information content (AvgIpc) is 3.73. The van der Waals surface area contributed by atoms with Gasteiger partial charge in [0.15, 0.2) is 0 Å². The Balaban J connectivity index is -0.0000000207. The maximum Gasteiger partial charge on any atom is 0.233 e. The van der Waals surface area contributed by atoms with Gasteiger partial charge in [0.1, 0.15) is 0 Å². The summed E-state index contributed by atoms with van der Waals surface area (Å²) in [4.78, 5) is 48.9. The summed E-state index contributed by atoms with van der Waals surface area (Å²) in [5.74, 6) is 2.81. The summed E-state index contributed by atoms with van der Waals surface area (Å²) in [5, 5.41) is 0. The monoisotopic (exact) mass is 2390 g/mol. The normalized spacial score (nSPS) is 17.8. The molecule has 2 aliphatic heterocycles. The molecule has 20 heteroatoms. The first-order valence-electron chi connectivity index (χ1n) is 29.2. The van der Waals surface area contributed by atoms with E-state index in [1.807, 2.05) is 166 Å². The molecule has 10 unspecified atom stereocenters. The summed E-state index contributed by atoms with van der Waals surface area (Å²) in [6.07, 6.45) is 17.0. The second kappa shape index (κ2) is 127. The molecule has 0 N–H and O–H groups in total. The van der Waals surface area contributed by atoms with Crippen molar-refractivity contribution in [3.63, 3.8) is 0 Å². The summed E-state index contributed by atoms with van der Waals surface area (Å²) in [6, 6.07) is 20.9. The Bertz CT molecular complexity index is 1560. The molecule has 2 aromatic rings. The van der Waals surface area contributed by atoms with E-state index in [0.717, 1.165) is 42.1 Å². The molecule has 2 heterocycles. The molecule has 2 saturated heterocycles. The molecule has 0 aromatic heterocycles. The van der Waals surface area contributed by atoms with Crippen molar-refractivity contribution >= 4 is 23.6 Å². The van der Waals surface area contributed by atoms with E-state index in [1.54, 1.807) is 13.8 Å². The van der Waals surface area contributed by atoms with Crippen LogP contribution in [0.2, 0.25) is 0 Å². The zero-order valence-electron chi connectivity index (χ0n) is 61.0.